The van der Waals surface area contributed by atoms with Gasteiger partial charge in [0.25, 0.3) is 0 Å². The summed E-state index contributed by atoms with van der Waals surface area (Å²) in [5, 5.41) is 2.97. The highest BCUT2D eigenvalue weighted by molar-refractivity contribution is 5.79. The van der Waals surface area contributed by atoms with Crippen LogP contribution >= 0.6 is 0 Å². The van der Waals surface area contributed by atoms with E-state index in [4.69, 9.17) is 9.47 Å². The Morgan fingerprint density at radius 3 is 2.35 bits per heavy atom. The highest BCUT2D eigenvalue weighted by Crippen LogP contribution is 2.17. The van der Waals surface area contributed by atoms with E-state index in [0.717, 1.165) is 22.4 Å². The Hall–Kier alpha value is -2.33. The third-order valence-corrected chi connectivity index (χ3v) is 3.60. The molecule has 0 bridgehead atoms. The highest BCUT2D eigenvalue weighted by atomic mass is 16.5. The van der Waals surface area contributed by atoms with Crippen LogP contribution in [-0.2, 0) is 29.1 Å². The number of hydrogen-bond acceptors (Lipinski definition) is 3. The van der Waals surface area contributed by atoms with Crippen molar-refractivity contribution in [2.75, 3.05) is 13.7 Å². The quantitative estimate of drug-likeness (QED) is 0.814. The van der Waals surface area contributed by atoms with Crippen molar-refractivity contribution < 1.29 is 14.3 Å². The van der Waals surface area contributed by atoms with E-state index in [2.05, 4.69) is 5.32 Å². The molecule has 0 aliphatic heterocycles. The summed E-state index contributed by atoms with van der Waals surface area (Å²) in [4.78, 5) is 12.2. The molecule has 0 aliphatic rings. The predicted molar refractivity (Wildman–Crippen MR) is 90.3 cm³/mol. The third kappa shape index (κ3) is 5.11. The second-order valence-corrected chi connectivity index (χ2v) is 5.17. The molecule has 0 radical (unpaired) electrons. The van der Waals surface area contributed by atoms with Gasteiger partial charge < -0.3 is 14.8 Å². The molecule has 4 nitrogen and oxygen atoms in total. The lowest BCUT2D eigenvalue weighted by Crippen LogP contribution is -2.25. The van der Waals surface area contributed by atoms with Crippen molar-refractivity contribution in [1.82, 2.24) is 5.32 Å². The molecular formula is C19H23NO3. The molecule has 2 rings (SSSR count). The van der Waals surface area contributed by atoms with Gasteiger partial charge in [-0.25, -0.2) is 0 Å². The number of ether oxygens (including phenoxy) is 2. The molecular weight excluding hydrogens is 290 g/mol. The van der Waals surface area contributed by atoms with Gasteiger partial charge in [0.1, 0.15) is 5.75 Å². The van der Waals surface area contributed by atoms with Crippen LogP contribution in [0.5, 0.6) is 5.75 Å². The SMILES string of the molecule is CCOCc1ccccc1CNC(=O)Cc1ccccc1OC. The second-order valence-electron chi connectivity index (χ2n) is 5.17. The molecule has 0 spiro atoms. The van der Waals surface area contributed by atoms with E-state index < -0.39 is 0 Å². The molecule has 0 aromatic heterocycles. The van der Waals surface area contributed by atoms with Crippen molar-refractivity contribution in [3.63, 3.8) is 0 Å². The maximum atomic E-state index is 12.2. The molecule has 0 saturated carbocycles. The number of amides is 1. The Morgan fingerprint density at radius 2 is 1.65 bits per heavy atom. The van der Waals surface area contributed by atoms with Crippen molar-refractivity contribution in [3.05, 3.63) is 65.2 Å². The first-order chi connectivity index (χ1) is 11.2. The van der Waals surface area contributed by atoms with Crippen LogP contribution in [0.3, 0.4) is 0 Å². The topological polar surface area (TPSA) is 47.6 Å². The first kappa shape index (κ1) is 17.0. The van der Waals surface area contributed by atoms with E-state index in [1.54, 1.807) is 7.11 Å². The summed E-state index contributed by atoms with van der Waals surface area (Å²) in [6.45, 7) is 3.71. The molecule has 2 aromatic rings. The maximum Gasteiger partial charge on any atom is 0.224 e. The minimum atomic E-state index is -0.0271. The van der Waals surface area contributed by atoms with E-state index in [1.807, 2.05) is 55.5 Å². The molecule has 0 aliphatic carbocycles. The minimum Gasteiger partial charge on any atom is -0.496 e. The zero-order chi connectivity index (χ0) is 16.5. The van der Waals surface area contributed by atoms with Crippen molar-refractivity contribution in [1.29, 1.82) is 0 Å². The number of methoxy groups -OCH3 is 1. The number of carbonyl (C=O) groups is 1. The molecule has 0 fully saturated rings. The van der Waals surface area contributed by atoms with Crippen LogP contribution in [0.2, 0.25) is 0 Å². The predicted octanol–water partition coefficient (Wildman–Crippen LogP) is 3.09. The molecule has 0 unspecified atom stereocenters. The van der Waals surface area contributed by atoms with E-state index in [1.165, 1.54) is 0 Å². The molecule has 1 amide bonds. The Kier molecular flexibility index (Phi) is 6.63. The summed E-state index contributed by atoms with van der Waals surface area (Å²) >= 11 is 0. The standard InChI is InChI=1S/C19H23NO3/c1-3-23-14-17-10-5-4-9-16(17)13-20-19(21)12-15-8-6-7-11-18(15)22-2/h4-11H,3,12-14H2,1-2H3,(H,20,21). The molecule has 0 saturated heterocycles. The van der Waals surface area contributed by atoms with Crippen molar-refractivity contribution in [2.24, 2.45) is 0 Å². The maximum absolute atomic E-state index is 12.2. The van der Waals surface area contributed by atoms with Gasteiger partial charge in [0.15, 0.2) is 0 Å². The molecule has 4 heteroatoms. The average Bonchev–Trinajstić information content (AvgIpc) is 2.59. The fourth-order valence-corrected chi connectivity index (χ4v) is 2.36. The summed E-state index contributed by atoms with van der Waals surface area (Å²) in [6, 6.07) is 15.6. The summed E-state index contributed by atoms with van der Waals surface area (Å²) in [5.41, 5.74) is 3.07. The zero-order valence-electron chi connectivity index (χ0n) is 13.7. The minimum absolute atomic E-state index is 0.0271. The van der Waals surface area contributed by atoms with Gasteiger partial charge >= 0.3 is 0 Å². The van der Waals surface area contributed by atoms with Crippen LogP contribution in [-0.4, -0.2) is 19.6 Å². The Labute approximate surface area is 137 Å². The monoisotopic (exact) mass is 313 g/mol. The van der Waals surface area contributed by atoms with Gasteiger partial charge in [0, 0.05) is 18.7 Å². The molecule has 2 aromatic carbocycles. The van der Waals surface area contributed by atoms with E-state index >= 15 is 0 Å². The third-order valence-electron chi connectivity index (χ3n) is 3.60. The molecule has 0 atom stereocenters. The van der Waals surface area contributed by atoms with E-state index in [9.17, 15) is 4.79 Å². The van der Waals surface area contributed by atoms with Crippen LogP contribution in [0, 0.1) is 0 Å². The van der Waals surface area contributed by atoms with Crippen molar-refractivity contribution in [2.45, 2.75) is 26.5 Å². The largest absolute Gasteiger partial charge is 0.496 e. The average molecular weight is 313 g/mol. The lowest BCUT2D eigenvalue weighted by molar-refractivity contribution is -0.120. The van der Waals surface area contributed by atoms with Crippen LogP contribution in [0.4, 0.5) is 0 Å². The van der Waals surface area contributed by atoms with E-state index in [-0.39, 0.29) is 5.91 Å². The van der Waals surface area contributed by atoms with Crippen LogP contribution in [0.15, 0.2) is 48.5 Å². The van der Waals surface area contributed by atoms with Crippen molar-refractivity contribution in [3.8, 4) is 5.75 Å². The van der Waals surface area contributed by atoms with Gasteiger partial charge in [-0.15, -0.1) is 0 Å². The van der Waals surface area contributed by atoms with Gasteiger partial charge in [-0.1, -0.05) is 42.5 Å². The van der Waals surface area contributed by atoms with Gasteiger partial charge in [-0.05, 0) is 24.1 Å². The van der Waals surface area contributed by atoms with Crippen LogP contribution in [0.25, 0.3) is 0 Å². The number of rotatable bonds is 8. The van der Waals surface area contributed by atoms with Crippen LogP contribution < -0.4 is 10.1 Å². The molecule has 0 heterocycles. The smallest absolute Gasteiger partial charge is 0.224 e. The number of hydrogen-bond donors (Lipinski definition) is 1. The summed E-state index contributed by atoms with van der Waals surface area (Å²) in [7, 11) is 1.61. The zero-order valence-corrected chi connectivity index (χ0v) is 13.7. The van der Waals surface area contributed by atoms with Crippen molar-refractivity contribution >= 4 is 5.91 Å². The molecule has 23 heavy (non-hydrogen) atoms. The Balaban J connectivity index is 1.94. The van der Waals surface area contributed by atoms with Crippen LogP contribution in [0.1, 0.15) is 23.6 Å². The molecule has 1 N–H and O–H groups in total. The van der Waals surface area contributed by atoms with Gasteiger partial charge in [0.05, 0.1) is 20.1 Å². The normalized spacial score (nSPS) is 10.3. The Bertz CT molecular complexity index is 640. The summed E-state index contributed by atoms with van der Waals surface area (Å²) < 4.78 is 10.7. The first-order valence-electron chi connectivity index (χ1n) is 7.77. The van der Waals surface area contributed by atoms with Gasteiger partial charge in [-0.3, -0.25) is 4.79 Å². The lowest BCUT2D eigenvalue weighted by Gasteiger charge is -2.12. The number of carbonyl (C=O) groups excluding carboxylic acids is 1. The fraction of sp³-hybridized carbons (Fsp3) is 0.316. The number of para-hydroxylation sites is 1. The molecule has 122 valence electrons. The number of nitrogens with one attached hydrogen (secondary N) is 1. The number of benzene rings is 2. The van der Waals surface area contributed by atoms with E-state index in [0.29, 0.717) is 26.2 Å². The lowest BCUT2D eigenvalue weighted by atomic mass is 10.1. The highest BCUT2D eigenvalue weighted by Gasteiger charge is 2.09. The summed E-state index contributed by atoms with van der Waals surface area (Å²) in [5.74, 6) is 0.708. The summed E-state index contributed by atoms with van der Waals surface area (Å²) in [6.07, 6.45) is 0.303. The Morgan fingerprint density at radius 1 is 1.00 bits per heavy atom. The second kappa shape index (κ2) is 8.96. The first-order valence-corrected chi connectivity index (χ1v) is 7.77. The van der Waals surface area contributed by atoms with Gasteiger partial charge in [-0.2, -0.15) is 0 Å². The fourth-order valence-electron chi connectivity index (χ4n) is 2.36. The van der Waals surface area contributed by atoms with Gasteiger partial charge in [0.2, 0.25) is 5.91 Å².